The summed E-state index contributed by atoms with van der Waals surface area (Å²) in [6.07, 6.45) is 0.303. The molecule has 4 nitrogen and oxygen atoms in total. The number of carbonyl (C=O) groups is 2. The van der Waals surface area contributed by atoms with Crippen LogP contribution in [0.2, 0.25) is 0 Å². The molecule has 1 saturated heterocycles. The number of carbonyl (C=O) groups excluding carboxylic acids is 2. The summed E-state index contributed by atoms with van der Waals surface area (Å²) in [6, 6.07) is 5.44. The third-order valence-corrected chi connectivity index (χ3v) is 2.91. The quantitative estimate of drug-likeness (QED) is 0.851. The highest BCUT2D eigenvalue weighted by molar-refractivity contribution is 5.96. The van der Waals surface area contributed by atoms with Crippen LogP contribution in [-0.2, 0) is 4.79 Å². The third-order valence-electron chi connectivity index (χ3n) is 2.91. The summed E-state index contributed by atoms with van der Waals surface area (Å²) in [6.45, 7) is 2.24. The molecule has 2 rings (SSSR count). The van der Waals surface area contributed by atoms with E-state index >= 15 is 0 Å². The van der Waals surface area contributed by atoms with Crippen LogP contribution in [0, 0.1) is 5.82 Å². The molecular formula is C12H13FN2O2. The summed E-state index contributed by atoms with van der Waals surface area (Å²) >= 11 is 0. The summed E-state index contributed by atoms with van der Waals surface area (Å²) < 4.78 is 12.8. The average Bonchev–Trinajstić information content (AvgIpc) is 2.29. The van der Waals surface area contributed by atoms with Crippen LogP contribution >= 0.6 is 0 Å². The van der Waals surface area contributed by atoms with Gasteiger partial charge in [-0.05, 0) is 24.6 Å². The van der Waals surface area contributed by atoms with Crippen LogP contribution in [0.5, 0.6) is 0 Å². The van der Waals surface area contributed by atoms with E-state index in [9.17, 15) is 14.0 Å². The minimum atomic E-state index is -0.391. The van der Waals surface area contributed by atoms with E-state index in [0.717, 1.165) is 5.56 Å². The maximum absolute atomic E-state index is 12.8. The molecule has 0 saturated carbocycles. The molecule has 1 aliphatic heterocycles. The molecule has 17 heavy (non-hydrogen) atoms. The standard InChI is InChI=1S/C12H13FN2O2/c1-8(9-2-4-10(13)5-3-9)15-7-6-11(16)14-12(15)17/h2-5,8H,6-7H2,1H3,(H,14,16,17). The smallest absolute Gasteiger partial charge is 0.317 e. The molecule has 1 atom stereocenters. The Bertz CT molecular complexity index is 444. The van der Waals surface area contributed by atoms with Crippen molar-refractivity contribution < 1.29 is 14.0 Å². The Morgan fingerprint density at radius 3 is 2.53 bits per heavy atom. The predicted octanol–water partition coefficient (Wildman–Crippen LogP) is 1.83. The molecule has 0 aliphatic carbocycles. The number of halogens is 1. The Morgan fingerprint density at radius 2 is 1.94 bits per heavy atom. The van der Waals surface area contributed by atoms with Crippen molar-refractivity contribution in [3.63, 3.8) is 0 Å². The van der Waals surface area contributed by atoms with E-state index in [1.165, 1.54) is 12.1 Å². The number of imide groups is 1. The van der Waals surface area contributed by atoms with Crippen molar-refractivity contribution in [2.75, 3.05) is 6.54 Å². The number of rotatable bonds is 2. The molecule has 1 aromatic carbocycles. The highest BCUT2D eigenvalue weighted by Crippen LogP contribution is 2.22. The van der Waals surface area contributed by atoms with Gasteiger partial charge in [-0.3, -0.25) is 10.1 Å². The van der Waals surface area contributed by atoms with Crippen molar-refractivity contribution in [1.82, 2.24) is 10.2 Å². The lowest BCUT2D eigenvalue weighted by atomic mass is 10.1. The zero-order valence-corrected chi connectivity index (χ0v) is 9.44. The van der Waals surface area contributed by atoms with E-state index in [4.69, 9.17) is 0 Å². The zero-order chi connectivity index (χ0) is 12.4. The maximum Gasteiger partial charge on any atom is 0.324 e. The van der Waals surface area contributed by atoms with Crippen LogP contribution in [0.3, 0.4) is 0 Å². The van der Waals surface area contributed by atoms with Crippen LogP contribution in [0.4, 0.5) is 9.18 Å². The molecule has 1 unspecified atom stereocenters. The van der Waals surface area contributed by atoms with Gasteiger partial charge in [0.05, 0.1) is 6.04 Å². The van der Waals surface area contributed by atoms with Gasteiger partial charge in [0, 0.05) is 13.0 Å². The molecule has 0 bridgehead atoms. The highest BCUT2D eigenvalue weighted by atomic mass is 19.1. The first-order valence-electron chi connectivity index (χ1n) is 5.44. The molecule has 1 aromatic rings. The van der Waals surface area contributed by atoms with Crippen molar-refractivity contribution in [2.45, 2.75) is 19.4 Å². The van der Waals surface area contributed by atoms with Gasteiger partial charge in [-0.2, -0.15) is 0 Å². The van der Waals surface area contributed by atoms with Crippen LogP contribution in [0.1, 0.15) is 24.9 Å². The number of hydrogen-bond donors (Lipinski definition) is 1. The lowest BCUT2D eigenvalue weighted by Gasteiger charge is -2.32. The molecule has 0 radical (unpaired) electrons. The molecule has 1 heterocycles. The van der Waals surface area contributed by atoms with Crippen molar-refractivity contribution in [3.8, 4) is 0 Å². The number of nitrogens with zero attached hydrogens (tertiary/aromatic N) is 1. The lowest BCUT2D eigenvalue weighted by molar-refractivity contribution is -0.121. The van der Waals surface area contributed by atoms with E-state index in [-0.39, 0.29) is 17.8 Å². The van der Waals surface area contributed by atoms with Gasteiger partial charge < -0.3 is 4.90 Å². The fourth-order valence-electron chi connectivity index (χ4n) is 1.87. The predicted molar refractivity (Wildman–Crippen MR) is 59.7 cm³/mol. The first-order valence-corrected chi connectivity index (χ1v) is 5.44. The number of urea groups is 1. The summed E-state index contributed by atoms with van der Waals surface area (Å²) in [5.41, 5.74) is 0.843. The van der Waals surface area contributed by atoms with Crippen molar-refractivity contribution in [1.29, 1.82) is 0 Å². The van der Waals surface area contributed by atoms with E-state index in [0.29, 0.717) is 13.0 Å². The Hall–Kier alpha value is -1.91. The Kier molecular flexibility index (Phi) is 3.08. The second kappa shape index (κ2) is 4.53. The SMILES string of the molecule is CC(c1ccc(F)cc1)N1CCC(=O)NC1=O. The normalized spacial score (nSPS) is 17.9. The molecule has 1 fully saturated rings. The molecule has 0 spiro atoms. The van der Waals surface area contributed by atoms with Crippen molar-refractivity contribution in [3.05, 3.63) is 35.6 Å². The van der Waals surface area contributed by atoms with E-state index in [2.05, 4.69) is 5.32 Å². The van der Waals surface area contributed by atoms with Gasteiger partial charge in [0.2, 0.25) is 5.91 Å². The molecule has 1 aliphatic rings. The number of hydrogen-bond acceptors (Lipinski definition) is 2. The van der Waals surface area contributed by atoms with Crippen molar-refractivity contribution >= 4 is 11.9 Å². The lowest BCUT2D eigenvalue weighted by Crippen LogP contribution is -2.50. The molecule has 0 aromatic heterocycles. The Balaban J connectivity index is 2.14. The monoisotopic (exact) mass is 236 g/mol. The largest absolute Gasteiger partial charge is 0.324 e. The van der Waals surface area contributed by atoms with Gasteiger partial charge in [-0.1, -0.05) is 12.1 Å². The third kappa shape index (κ3) is 2.43. The van der Waals surface area contributed by atoms with Gasteiger partial charge >= 0.3 is 6.03 Å². The summed E-state index contributed by atoms with van der Waals surface area (Å²) in [5, 5.41) is 2.27. The van der Waals surface area contributed by atoms with Gasteiger partial charge in [-0.15, -0.1) is 0 Å². The molecule has 3 amide bonds. The molecule has 5 heteroatoms. The van der Waals surface area contributed by atoms with Crippen LogP contribution in [0.25, 0.3) is 0 Å². The molecule has 1 N–H and O–H groups in total. The maximum atomic E-state index is 12.8. The second-order valence-corrected chi connectivity index (χ2v) is 4.02. The van der Waals surface area contributed by atoms with Crippen LogP contribution in [-0.4, -0.2) is 23.4 Å². The minimum Gasteiger partial charge on any atom is -0.317 e. The number of nitrogens with one attached hydrogen (secondary N) is 1. The number of amides is 3. The second-order valence-electron chi connectivity index (χ2n) is 4.02. The van der Waals surface area contributed by atoms with Crippen molar-refractivity contribution in [2.24, 2.45) is 0 Å². The average molecular weight is 236 g/mol. The fourth-order valence-corrected chi connectivity index (χ4v) is 1.87. The molecular weight excluding hydrogens is 223 g/mol. The first-order chi connectivity index (χ1) is 8.08. The Morgan fingerprint density at radius 1 is 1.29 bits per heavy atom. The van der Waals surface area contributed by atoms with Crippen LogP contribution in [0.15, 0.2) is 24.3 Å². The topological polar surface area (TPSA) is 49.4 Å². The van der Waals surface area contributed by atoms with E-state index in [1.54, 1.807) is 17.0 Å². The molecule has 90 valence electrons. The highest BCUT2D eigenvalue weighted by Gasteiger charge is 2.27. The summed E-state index contributed by atoms with van der Waals surface area (Å²) in [5.74, 6) is -0.559. The van der Waals surface area contributed by atoms with Crippen LogP contribution < -0.4 is 5.32 Å². The fraction of sp³-hybridized carbons (Fsp3) is 0.333. The Labute approximate surface area is 98.4 Å². The summed E-state index contributed by atoms with van der Waals surface area (Å²) in [4.78, 5) is 24.2. The van der Waals surface area contributed by atoms with Gasteiger partial charge in [-0.25, -0.2) is 9.18 Å². The summed E-state index contributed by atoms with van der Waals surface area (Å²) in [7, 11) is 0. The minimum absolute atomic E-state index is 0.177. The van der Waals surface area contributed by atoms with E-state index < -0.39 is 6.03 Å². The zero-order valence-electron chi connectivity index (χ0n) is 9.44. The van der Waals surface area contributed by atoms with Gasteiger partial charge in [0.1, 0.15) is 5.82 Å². The number of benzene rings is 1. The first kappa shape index (κ1) is 11.6. The van der Waals surface area contributed by atoms with Gasteiger partial charge in [0.15, 0.2) is 0 Å². The van der Waals surface area contributed by atoms with Gasteiger partial charge in [0.25, 0.3) is 0 Å². The van der Waals surface area contributed by atoms with E-state index in [1.807, 2.05) is 6.92 Å².